The average Bonchev–Trinajstić information content (AvgIpc) is 3.24. The molecule has 0 bridgehead atoms. The third-order valence-corrected chi connectivity index (χ3v) is 8.30. The molecule has 3 aromatic rings. The Morgan fingerprint density at radius 2 is 1.88 bits per heavy atom. The van der Waals surface area contributed by atoms with E-state index < -0.39 is 0 Å². The molecule has 180 valence electrons. The zero-order valence-electron chi connectivity index (χ0n) is 19.8. The van der Waals surface area contributed by atoms with Crippen LogP contribution in [-0.2, 0) is 24.2 Å². The van der Waals surface area contributed by atoms with Crippen LogP contribution in [0.2, 0.25) is 0 Å². The number of rotatable bonds is 7. The van der Waals surface area contributed by atoms with Crippen molar-refractivity contribution >= 4 is 27.5 Å². The molecule has 1 aliphatic heterocycles. The second-order valence-corrected chi connectivity index (χ2v) is 10.6. The molecule has 8 heteroatoms. The molecule has 34 heavy (non-hydrogen) atoms. The Bertz CT molecular complexity index is 1200. The molecule has 1 amide bonds. The van der Waals surface area contributed by atoms with Crippen molar-refractivity contribution in [1.29, 1.82) is 0 Å². The first-order valence-electron chi connectivity index (χ1n) is 12.3. The van der Waals surface area contributed by atoms with Crippen LogP contribution in [0.4, 0.5) is 0 Å². The Kier molecular flexibility index (Phi) is 7.08. The number of nitrogens with one attached hydrogen (secondary N) is 1. The van der Waals surface area contributed by atoms with E-state index in [1.807, 2.05) is 18.2 Å². The van der Waals surface area contributed by atoms with E-state index in [2.05, 4.69) is 39.3 Å². The number of aromatic nitrogens is 2. The van der Waals surface area contributed by atoms with Gasteiger partial charge < -0.3 is 10.2 Å². The summed E-state index contributed by atoms with van der Waals surface area (Å²) in [5, 5.41) is 4.01. The molecule has 0 spiro atoms. The van der Waals surface area contributed by atoms with Crippen molar-refractivity contribution in [3.8, 4) is 0 Å². The molecule has 2 aromatic heterocycles. The summed E-state index contributed by atoms with van der Waals surface area (Å²) >= 11 is 1.66. The van der Waals surface area contributed by atoms with Crippen LogP contribution >= 0.6 is 11.3 Å². The number of thiophene rings is 1. The lowest BCUT2D eigenvalue weighted by molar-refractivity contribution is -0.122. The Morgan fingerprint density at radius 3 is 2.68 bits per heavy atom. The number of hydrogen-bond donors (Lipinski definition) is 1. The first-order chi connectivity index (χ1) is 16.6. The van der Waals surface area contributed by atoms with E-state index in [4.69, 9.17) is 0 Å². The van der Waals surface area contributed by atoms with Crippen molar-refractivity contribution in [2.75, 3.05) is 39.8 Å². The van der Waals surface area contributed by atoms with Gasteiger partial charge in [0.25, 0.3) is 5.56 Å². The topological polar surface area (TPSA) is 70.5 Å². The molecule has 1 N–H and O–H groups in total. The fraction of sp³-hybridized carbons (Fsp3) is 0.500. The summed E-state index contributed by atoms with van der Waals surface area (Å²) in [4.78, 5) is 37.6. The number of amides is 1. The Hall–Kier alpha value is -2.55. The minimum Gasteiger partial charge on any atom is -0.348 e. The van der Waals surface area contributed by atoms with Gasteiger partial charge in [-0.3, -0.25) is 19.1 Å². The summed E-state index contributed by atoms with van der Waals surface area (Å²) in [7, 11) is 2.15. The summed E-state index contributed by atoms with van der Waals surface area (Å²) in [5.41, 5.74) is 2.30. The lowest BCUT2D eigenvalue weighted by Crippen LogP contribution is -2.47. The van der Waals surface area contributed by atoms with Gasteiger partial charge in [0.1, 0.15) is 4.83 Å². The van der Waals surface area contributed by atoms with Crippen molar-refractivity contribution in [1.82, 2.24) is 24.7 Å². The molecule has 1 saturated heterocycles. The highest BCUT2D eigenvalue weighted by Crippen LogP contribution is 2.33. The summed E-state index contributed by atoms with van der Waals surface area (Å²) in [5.74, 6) is -0.0395. The predicted octanol–water partition coefficient (Wildman–Crippen LogP) is 2.83. The highest BCUT2D eigenvalue weighted by molar-refractivity contribution is 7.18. The first-order valence-corrected chi connectivity index (χ1v) is 13.1. The summed E-state index contributed by atoms with van der Waals surface area (Å²) < 4.78 is 1.61. The fourth-order valence-electron chi connectivity index (χ4n) is 5.04. The quantitative estimate of drug-likeness (QED) is 0.564. The number of benzene rings is 1. The molecular weight excluding hydrogens is 446 g/mol. The number of piperazine rings is 1. The van der Waals surface area contributed by atoms with Crippen LogP contribution in [0.5, 0.6) is 0 Å². The van der Waals surface area contributed by atoms with E-state index in [-0.39, 0.29) is 23.9 Å². The van der Waals surface area contributed by atoms with Gasteiger partial charge in [0.2, 0.25) is 5.91 Å². The number of nitrogens with zero attached hydrogens (tertiary/aromatic N) is 4. The van der Waals surface area contributed by atoms with Crippen LogP contribution in [0.25, 0.3) is 10.2 Å². The number of aryl methyl sites for hydroxylation is 3. The lowest BCUT2D eigenvalue weighted by atomic mass is 9.97. The highest BCUT2D eigenvalue weighted by atomic mass is 32.1. The monoisotopic (exact) mass is 479 g/mol. The molecule has 7 nitrogen and oxygen atoms in total. The van der Waals surface area contributed by atoms with E-state index in [9.17, 15) is 9.59 Å². The predicted molar refractivity (Wildman–Crippen MR) is 136 cm³/mol. The normalized spacial score (nSPS) is 18.0. The summed E-state index contributed by atoms with van der Waals surface area (Å²) in [6.07, 6.45) is 6.19. The second-order valence-electron chi connectivity index (χ2n) is 9.52. The molecule has 1 aromatic carbocycles. The maximum absolute atomic E-state index is 13.2. The minimum absolute atomic E-state index is 0.00533. The van der Waals surface area contributed by atoms with Gasteiger partial charge in [-0.2, -0.15) is 0 Å². The molecule has 1 aliphatic carbocycles. The van der Waals surface area contributed by atoms with Crippen LogP contribution in [-0.4, -0.2) is 65.0 Å². The van der Waals surface area contributed by atoms with Gasteiger partial charge in [-0.05, 0) is 43.9 Å². The molecule has 2 aliphatic rings. The zero-order valence-corrected chi connectivity index (χ0v) is 20.6. The van der Waals surface area contributed by atoms with E-state index in [1.54, 1.807) is 22.2 Å². The van der Waals surface area contributed by atoms with Crippen LogP contribution in [0, 0.1) is 0 Å². The standard InChI is InChI=1S/C26H33N5O2S/c1-29-13-15-30(16-14-29)17-21(19-7-3-2-4-8-19)28-23(32)11-12-31-18-27-25-24(26(31)33)20-9-5-6-10-22(20)34-25/h2-4,7-8,18,21H,5-6,9-17H2,1H3,(H,28,32). The van der Waals surface area contributed by atoms with Gasteiger partial charge in [-0.15, -0.1) is 11.3 Å². The van der Waals surface area contributed by atoms with Crippen molar-refractivity contribution in [3.05, 3.63) is 63.0 Å². The molecule has 1 unspecified atom stereocenters. The van der Waals surface area contributed by atoms with E-state index in [0.29, 0.717) is 6.54 Å². The first kappa shape index (κ1) is 23.2. The van der Waals surface area contributed by atoms with Gasteiger partial charge in [-0.25, -0.2) is 4.98 Å². The van der Waals surface area contributed by atoms with Crippen molar-refractivity contribution < 1.29 is 4.79 Å². The fourth-order valence-corrected chi connectivity index (χ4v) is 6.26. The Morgan fingerprint density at radius 1 is 1.12 bits per heavy atom. The van der Waals surface area contributed by atoms with Crippen molar-refractivity contribution in [3.63, 3.8) is 0 Å². The molecule has 0 saturated carbocycles. The van der Waals surface area contributed by atoms with Crippen molar-refractivity contribution in [2.24, 2.45) is 0 Å². The number of likely N-dealkylation sites (N-methyl/N-ethyl adjacent to an activating group) is 1. The third-order valence-electron chi connectivity index (χ3n) is 7.10. The van der Waals surface area contributed by atoms with Gasteiger partial charge in [0, 0.05) is 50.6 Å². The Labute approximate surface area is 204 Å². The molecule has 1 atom stereocenters. The largest absolute Gasteiger partial charge is 0.348 e. The molecule has 1 fully saturated rings. The minimum atomic E-state index is -0.0710. The average molecular weight is 480 g/mol. The van der Waals surface area contributed by atoms with E-state index >= 15 is 0 Å². The van der Waals surface area contributed by atoms with E-state index in [1.165, 1.54) is 16.9 Å². The van der Waals surface area contributed by atoms with Crippen LogP contribution < -0.4 is 10.9 Å². The van der Waals surface area contributed by atoms with E-state index in [0.717, 1.165) is 67.8 Å². The maximum atomic E-state index is 13.2. The number of hydrogen-bond acceptors (Lipinski definition) is 6. The van der Waals surface area contributed by atoms with Gasteiger partial charge in [-0.1, -0.05) is 30.3 Å². The van der Waals surface area contributed by atoms with Gasteiger partial charge in [0.05, 0.1) is 17.8 Å². The molecule has 0 radical (unpaired) electrons. The number of fused-ring (bicyclic) bond motifs is 3. The summed E-state index contributed by atoms with van der Waals surface area (Å²) in [6.45, 7) is 5.22. The van der Waals surface area contributed by atoms with Crippen LogP contribution in [0.1, 0.15) is 41.3 Å². The van der Waals surface area contributed by atoms with Crippen LogP contribution in [0.3, 0.4) is 0 Å². The number of carbonyl (C=O) groups excluding carboxylic acids is 1. The Balaban J connectivity index is 1.27. The maximum Gasteiger partial charge on any atom is 0.262 e. The molecule has 3 heterocycles. The number of carbonyl (C=O) groups is 1. The van der Waals surface area contributed by atoms with Gasteiger partial charge in [0.15, 0.2) is 0 Å². The van der Waals surface area contributed by atoms with Crippen LogP contribution in [0.15, 0.2) is 41.5 Å². The van der Waals surface area contributed by atoms with Gasteiger partial charge >= 0.3 is 0 Å². The second kappa shape index (κ2) is 10.4. The summed E-state index contributed by atoms with van der Waals surface area (Å²) in [6, 6.07) is 10.1. The van der Waals surface area contributed by atoms with Crippen molar-refractivity contribution in [2.45, 2.75) is 44.7 Å². The molecular formula is C26H33N5O2S. The smallest absolute Gasteiger partial charge is 0.262 e. The lowest BCUT2D eigenvalue weighted by Gasteiger charge is -2.35. The SMILES string of the molecule is CN1CCN(CC(NC(=O)CCn2cnc3sc4c(c3c2=O)CCCC4)c2ccccc2)CC1. The highest BCUT2D eigenvalue weighted by Gasteiger charge is 2.22. The zero-order chi connectivity index (χ0) is 23.5. The molecule has 5 rings (SSSR count). The third kappa shape index (κ3) is 5.09.